The summed E-state index contributed by atoms with van der Waals surface area (Å²) in [6.07, 6.45) is 6.59. The van der Waals surface area contributed by atoms with Gasteiger partial charge in [-0.2, -0.15) is 0 Å². The topological polar surface area (TPSA) is 126 Å². The number of rotatable bonds is 13. The maximum absolute atomic E-state index is 12.9. The highest BCUT2D eigenvalue weighted by atomic mass is 16.7. The third kappa shape index (κ3) is 9.31. The molecule has 268 valence electrons. The van der Waals surface area contributed by atoms with Crippen LogP contribution in [0.4, 0.5) is 17.1 Å². The molecule has 5 atom stereocenters. The van der Waals surface area contributed by atoms with E-state index in [1.54, 1.807) is 12.1 Å². The molecule has 0 aromatic heterocycles. The highest BCUT2D eigenvalue weighted by Crippen LogP contribution is 2.53. The molecule has 3 fully saturated rings. The van der Waals surface area contributed by atoms with E-state index in [0.29, 0.717) is 59.6 Å². The minimum atomic E-state index is -0.584. The number of nitrogens with one attached hydrogen (secondary N) is 2. The van der Waals surface area contributed by atoms with Crippen molar-refractivity contribution in [2.24, 2.45) is 10.8 Å². The highest BCUT2D eigenvalue weighted by molar-refractivity contribution is 5.93. The van der Waals surface area contributed by atoms with Gasteiger partial charge in [-0.25, -0.2) is 0 Å². The number of unbranched alkanes of at least 4 members (excludes halogenated alkanes) is 2. The number of nitrogens with zero attached hydrogens (tertiary/aromatic N) is 1. The van der Waals surface area contributed by atoms with Crippen molar-refractivity contribution in [3.8, 4) is 0 Å². The zero-order chi connectivity index (χ0) is 35.3. The van der Waals surface area contributed by atoms with Crippen molar-refractivity contribution in [2.45, 2.75) is 110 Å². The van der Waals surface area contributed by atoms with Crippen LogP contribution in [0.2, 0.25) is 0 Å². The lowest BCUT2D eigenvalue weighted by molar-refractivity contribution is -0.253. The predicted octanol–water partition coefficient (Wildman–Crippen LogP) is 7.73. The lowest BCUT2D eigenvalue weighted by atomic mass is 9.65. The van der Waals surface area contributed by atoms with Gasteiger partial charge in [-0.1, -0.05) is 75.7 Å². The highest BCUT2D eigenvalue weighted by Gasteiger charge is 2.50. The van der Waals surface area contributed by atoms with Gasteiger partial charge in [0.1, 0.15) is 0 Å². The normalized spacial score (nSPS) is 26.0. The lowest BCUT2D eigenvalue weighted by Crippen LogP contribution is -2.42. The van der Waals surface area contributed by atoms with Crippen LogP contribution in [0.25, 0.3) is 0 Å². The number of nitrogen functional groups attached to an aromatic ring is 1. The Morgan fingerprint density at radius 1 is 0.880 bits per heavy atom. The number of carbonyl (C=O) groups is 2. The van der Waals surface area contributed by atoms with Crippen molar-refractivity contribution >= 4 is 28.9 Å². The number of hydrogen-bond donors (Lipinski definition) is 4. The van der Waals surface area contributed by atoms with Crippen LogP contribution in [0.15, 0.2) is 72.8 Å². The molecule has 2 aliphatic heterocycles. The number of carbonyl (C=O) groups excluding carboxylic acids is 2. The molecular formula is C41H54N4O5. The van der Waals surface area contributed by atoms with E-state index in [1.807, 2.05) is 60.7 Å². The minimum Gasteiger partial charge on any atom is -0.397 e. The van der Waals surface area contributed by atoms with Gasteiger partial charge in [0, 0.05) is 49.6 Å². The van der Waals surface area contributed by atoms with E-state index >= 15 is 0 Å². The second-order valence-electron chi connectivity index (χ2n) is 15.9. The number of aliphatic hydroxyl groups excluding tert-OH is 1. The molecule has 2 unspecified atom stereocenters. The fraction of sp³-hybridized carbons (Fsp3) is 0.512. The van der Waals surface area contributed by atoms with Gasteiger partial charge in [0.15, 0.2) is 6.29 Å². The zero-order valence-corrected chi connectivity index (χ0v) is 29.8. The van der Waals surface area contributed by atoms with E-state index in [2.05, 4.69) is 36.3 Å². The molecule has 9 nitrogen and oxygen atoms in total. The largest absolute Gasteiger partial charge is 0.397 e. The second-order valence-corrected chi connectivity index (χ2v) is 15.9. The quantitative estimate of drug-likeness (QED) is 0.107. The molecule has 2 heterocycles. The molecule has 2 amide bonds. The molecule has 3 aliphatic rings. The standard InChI is InChI=1S/C41H54N4O5/c1-40(2)22-32-23-41(3,26-40)27-45(32)24-33-21-36(29-18-16-28(25-46)17-19-29)50-39(49-33)30-10-9-11-31(20-30)43-37(47)14-5-4-6-15-38(48)44-35-13-8-7-12-34(35)42/h7-13,16-20,32-33,36,39,46H,4-6,14-15,21-27,42H2,1-3H3,(H,43,47)(H,44,48)/t32?,33-,36+,39+,41?/m1/s1. The third-order valence-corrected chi connectivity index (χ3v) is 10.6. The van der Waals surface area contributed by atoms with E-state index in [1.165, 1.54) is 19.3 Å². The monoisotopic (exact) mass is 682 g/mol. The van der Waals surface area contributed by atoms with Crippen LogP contribution in [0, 0.1) is 10.8 Å². The molecule has 9 heteroatoms. The third-order valence-electron chi connectivity index (χ3n) is 10.6. The van der Waals surface area contributed by atoms with Gasteiger partial charge in [-0.3, -0.25) is 14.5 Å². The average molecular weight is 683 g/mol. The van der Waals surface area contributed by atoms with Gasteiger partial charge in [0.25, 0.3) is 0 Å². The summed E-state index contributed by atoms with van der Waals surface area (Å²) in [5.74, 6) is -0.144. The van der Waals surface area contributed by atoms with Gasteiger partial charge in [0.05, 0.1) is 30.2 Å². The number of amides is 2. The van der Waals surface area contributed by atoms with Crippen molar-refractivity contribution in [1.29, 1.82) is 0 Å². The first-order valence-electron chi connectivity index (χ1n) is 18.3. The van der Waals surface area contributed by atoms with Crippen LogP contribution >= 0.6 is 0 Å². The Balaban J connectivity index is 1.05. The Morgan fingerprint density at radius 3 is 2.36 bits per heavy atom. The summed E-state index contributed by atoms with van der Waals surface area (Å²) in [5.41, 5.74) is 11.3. The number of likely N-dealkylation sites (tertiary alicyclic amines) is 1. The van der Waals surface area contributed by atoms with Gasteiger partial charge in [-0.05, 0) is 78.3 Å². The minimum absolute atomic E-state index is 0.00594. The fourth-order valence-electron chi connectivity index (χ4n) is 8.64. The molecule has 3 aromatic rings. The van der Waals surface area contributed by atoms with E-state index in [0.717, 1.165) is 42.6 Å². The number of anilines is 3. The lowest BCUT2D eigenvalue weighted by Gasteiger charge is -2.41. The van der Waals surface area contributed by atoms with E-state index in [9.17, 15) is 14.7 Å². The molecular weight excluding hydrogens is 628 g/mol. The zero-order valence-electron chi connectivity index (χ0n) is 29.8. The first-order chi connectivity index (χ1) is 24.0. The van der Waals surface area contributed by atoms with Crippen LogP contribution in [-0.2, 0) is 25.7 Å². The maximum atomic E-state index is 12.9. The van der Waals surface area contributed by atoms with Gasteiger partial charge < -0.3 is 30.9 Å². The SMILES string of the molecule is CC1(C)CC2CC(C)(CN2C[C@H]2C[C@@H](c3ccc(CO)cc3)O[C@@H](c3cccc(NC(=O)CCCCCC(=O)Nc4ccccc4N)c3)O2)C1. The van der Waals surface area contributed by atoms with Gasteiger partial charge >= 0.3 is 0 Å². The summed E-state index contributed by atoms with van der Waals surface area (Å²) in [6, 6.07) is 23.5. The number of benzene rings is 3. The number of fused-ring (bicyclic) bond motifs is 2. The molecule has 2 bridgehead atoms. The Bertz CT molecular complexity index is 1630. The summed E-state index contributed by atoms with van der Waals surface area (Å²) in [4.78, 5) is 27.8. The summed E-state index contributed by atoms with van der Waals surface area (Å²) in [5, 5.41) is 15.5. The molecule has 2 saturated heterocycles. The summed E-state index contributed by atoms with van der Waals surface area (Å²) < 4.78 is 13.3. The van der Waals surface area contributed by atoms with Crippen molar-refractivity contribution in [3.05, 3.63) is 89.5 Å². The van der Waals surface area contributed by atoms with E-state index < -0.39 is 6.29 Å². The summed E-state index contributed by atoms with van der Waals surface area (Å²) in [7, 11) is 0. The van der Waals surface area contributed by atoms with E-state index in [4.69, 9.17) is 15.2 Å². The molecule has 50 heavy (non-hydrogen) atoms. The number of aliphatic hydroxyl groups is 1. The van der Waals surface area contributed by atoms with Crippen LogP contribution in [0.1, 0.15) is 108 Å². The molecule has 6 rings (SSSR count). The van der Waals surface area contributed by atoms with Crippen LogP contribution in [0.5, 0.6) is 0 Å². The first-order valence-corrected chi connectivity index (χ1v) is 18.3. The smallest absolute Gasteiger partial charge is 0.224 e. The van der Waals surface area contributed by atoms with Crippen molar-refractivity contribution < 1.29 is 24.2 Å². The summed E-state index contributed by atoms with van der Waals surface area (Å²) in [6.45, 7) is 9.23. The first kappa shape index (κ1) is 36.0. The molecule has 1 aliphatic carbocycles. The number of ether oxygens (including phenoxy) is 2. The summed E-state index contributed by atoms with van der Waals surface area (Å²) >= 11 is 0. The average Bonchev–Trinajstić information content (AvgIpc) is 3.32. The molecule has 1 saturated carbocycles. The Morgan fingerprint density at radius 2 is 1.62 bits per heavy atom. The van der Waals surface area contributed by atoms with Crippen molar-refractivity contribution in [2.75, 3.05) is 29.5 Å². The Hall–Kier alpha value is -3.76. The predicted molar refractivity (Wildman–Crippen MR) is 197 cm³/mol. The fourth-order valence-corrected chi connectivity index (χ4v) is 8.64. The maximum Gasteiger partial charge on any atom is 0.224 e. The Kier molecular flexibility index (Phi) is 11.3. The molecule has 0 spiro atoms. The second kappa shape index (κ2) is 15.6. The van der Waals surface area contributed by atoms with Gasteiger partial charge in [-0.15, -0.1) is 0 Å². The van der Waals surface area contributed by atoms with Gasteiger partial charge in [0.2, 0.25) is 11.8 Å². The molecule has 5 N–H and O–H groups in total. The number of nitrogens with two attached hydrogens (primary N) is 1. The van der Waals surface area contributed by atoms with Crippen LogP contribution < -0.4 is 16.4 Å². The number of hydrogen-bond acceptors (Lipinski definition) is 7. The molecule has 0 radical (unpaired) electrons. The van der Waals surface area contributed by atoms with E-state index in [-0.39, 0.29) is 30.6 Å². The van der Waals surface area contributed by atoms with Crippen LogP contribution in [0.3, 0.4) is 0 Å². The Labute approximate surface area is 296 Å². The van der Waals surface area contributed by atoms with Crippen LogP contribution in [-0.4, -0.2) is 47.1 Å². The van der Waals surface area contributed by atoms with Crippen molar-refractivity contribution in [1.82, 2.24) is 4.90 Å². The molecule has 3 aromatic carbocycles. The number of para-hydroxylation sites is 2. The van der Waals surface area contributed by atoms with Crippen molar-refractivity contribution in [3.63, 3.8) is 0 Å².